The average Bonchev–Trinajstić information content (AvgIpc) is 2.28. The number of aliphatic hydroxyl groups is 1. The standard InChI is InChI=1S/C12H19NO3/c1-4-10(14)11(15)16-12(2,3)9-5-7-13-8-6-9/h1,9-10,13-14H,5-8H2,2-3H3/p+1. The van der Waals surface area contributed by atoms with Crippen molar-refractivity contribution in [3.8, 4) is 12.3 Å². The Kier molecular flexibility index (Phi) is 4.34. The van der Waals surface area contributed by atoms with Crippen molar-refractivity contribution < 1.29 is 20.0 Å². The number of aliphatic hydroxyl groups excluding tert-OH is 1. The second-order valence-corrected chi connectivity index (χ2v) is 4.73. The lowest BCUT2D eigenvalue weighted by atomic mass is 9.83. The summed E-state index contributed by atoms with van der Waals surface area (Å²) in [6.45, 7) is 5.88. The molecular weight excluding hydrogens is 206 g/mol. The van der Waals surface area contributed by atoms with Gasteiger partial charge in [-0.2, -0.15) is 0 Å². The van der Waals surface area contributed by atoms with Crippen LogP contribution >= 0.6 is 0 Å². The van der Waals surface area contributed by atoms with Crippen molar-refractivity contribution in [2.24, 2.45) is 5.92 Å². The summed E-state index contributed by atoms with van der Waals surface area (Å²) in [5.74, 6) is 1.58. The first-order valence-electron chi connectivity index (χ1n) is 5.66. The summed E-state index contributed by atoms with van der Waals surface area (Å²) in [7, 11) is 0. The third-order valence-electron chi connectivity index (χ3n) is 3.17. The molecule has 0 amide bonds. The molecule has 0 aliphatic carbocycles. The third kappa shape index (κ3) is 3.22. The molecule has 0 saturated carbocycles. The lowest BCUT2D eigenvalue weighted by Gasteiger charge is -2.35. The Morgan fingerprint density at radius 1 is 1.56 bits per heavy atom. The molecule has 1 atom stereocenters. The molecular formula is C12H20NO3+. The summed E-state index contributed by atoms with van der Waals surface area (Å²) < 4.78 is 5.28. The molecule has 0 spiro atoms. The number of quaternary nitrogens is 1. The van der Waals surface area contributed by atoms with Gasteiger partial charge in [-0.1, -0.05) is 5.92 Å². The maximum absolute atomic E-state index is 11.4. The van der Waals surface area contributed by atoms with Crippen LogP contribution in [0.25, 0.3) is 0 Å². The normalized spacial score (nSPS) is 19.9. The summed E-state index contributed by atoms with van der Waals surface area (Å²) in [4.78, 5) is 11.4. The zero-order valence-corrected chi connectivity index (χ0v) is 9.90. The van der Waals surface area contributed by atoms with Crippen molar-refractivity contribution >= 4 is 5.97 Å². The maximum atomic E-state index is 11.4. The minimum absolute atomic E-state index is 0.339. The molecule has 16 heavy (non-hydrogen) atoms. The lowest BCUT2D eigenvalue weighted by Crippen LogP contribution is -2.86. The number of piperidine rings is 1. The van der Waals surface area contributed by atoms with E-state index in [1.807, 2.05) is 19.8 Å². The number of ether oxygens (including phenoxy) is 1. The Bertz CT molecular complexity index is 287. The molecule has 0 aromatic heterocycles. The fourth-order valence-corrected chi connectivity index (χ4v) is 2.09. The van der Waals surface area contributed by atoms with Crippen LogP contribution in [-0.2, 0) is 9.53 Å². The summed E-state index contributed by atoms with van der Waals surface area (Å²) in [6, 6.07) is 0. The van der Waals surface area contributed by atoms with Gasteiger partial charge in [0.25, 0.3) is 0 Å². The number of nitrogens with two attached hydrogens (primary N) is 1. The zero-order chi connectivity index (χ0) is 12.2. The average molecular weight is 226 g/mol. The Labute approximate surface area is 96.4 Å². The van der Waals surface area contributed by atoms with E-state index in [4.69, 9.17) is 11.2 Å². The molecule has 3 N–H and O–H groups in total. The van der Waals surface area contributed by atoms with E-state index in [1.54, 1.807) is 0 Å². The molecule has 1 rings (SSSR count). The first kappa shape index (κ1) is 13.0. The van der Waals surface area contributed by atoms with Gasteiger partial charge in [-0.05, 0) is 13.8 Å². The van der Waals surface area contributed by atoms with Crippen LogP contribution in [0.5, 0.6) is 0 Å². The van der Waals surface area contributed by atoms with Gasteiger partial charge in [0, 0.05) is 18.8 Å². The fraction of sp³-hybridized carbons (Fsp3) is 0.750. The molecule has 1 aliphatic heterocycles. The molecule has 1 fully saturated rings. The number of hydrogen-bond donors (Lipinski definition) is 2. The zero-order valence-electron chi connectivity index (χ0n) is 9.90. The van der Waals surface area contributed by atoms with Crippen LogP contribution in [0.1, 0.15) is 26.7 Å². The molecule has 0 aromatic carbocycles. The predicted molar refractivity (Wildman–Crippen MR) is 59.4 cm³/mol. The van der Waals surface area contributed by atoms with Crippen molar-refractivity contribution in [3.05, 3.63) is 0 Å². The van der Waals surface area contributed by atoms with E-state index >= 15 is 0 Å². The molecule has 1 aliphatic rings. The number of rotatable bonds is 3. The van der Waals surface area contributed by atoms with Crippen LogP contribution in [-0.4, -0.2) is 35.9 Å². The highest BCUT2D eigenvalue weighted by Gasteiger charge is 2.36. The van der Waals surface area contributed by atoms with Crippen LogP contribution in [0.15, 0.2) is 0 Å². The highest BCUT2D eigenvalue weighted by atomic mass is 16.6. The predicted octanol–water partition coefficient (Wildman–Crippen LogP) is -0.724. The summed E-state index contributed by atoms with van der Waals surface area (Å²) in [6.07, 6.45) is 5.56. The van der Waals surface area contributed by atoms with E-state index in [2.05, 4.69) is 5.32 Å². The number of carbonyl (C=O) groups excluding carboxylic acids is 1. The fourth-order valence-electron chi connectivity index (χ4n) is 2.09. The van der Waals surface area contributed by atoms with Crippen molar-refractivity contribution in [2.75, 3.05) is 13.1 Å². The first-order valence-corrected chi connectivity index (χ1v) is 5.66. The Morgan fingerprint density at radius 2 is 2.12 bits per heavy atom. The largest absolute Gasteiger partial charge is 0.457 e. The second kappa shape index (κ2) is 5.33. The maximum Gasteiger partial charge on any atom is 0.348 e. The molecule has 0 aromatic rings. The van der Waals surface area contributed by atoms with E-state index in [1.165, 1.54) is 0 Å². The lowest BCUT2D eigenvalue weighted by molar-refractivity contribution is -0.665. The van der Waals surface area contributed by atoms with Gasteiger partial charge in [-0.15, -0.1) is 6.42 Å². The summed E-state index contributed by atoms with van der Waals surface area (Å²) in [5.41, 5.74) is -0.552. The van der Waals surface area contributed by atoms with Gasteiger partial charge in [-0.3, -0.25) is 0 Å². The minimum Gasteiger partial charge on any atom is -0.457 e. The molecule has 90 valence electrons. The van der Waals surface area contributed by atoms with Crippen molar-refractivity contribution in [1.29, 1.82) is 0 Å². The number of carbonyl (C=O) groups is 1. The van der Waals surface area contributed by atoms with Gasteiger partial charge in [0.15, 0.2) is 0 Å². The Morgan fingerprint density at radius 3 is 2.62 bits per heavy atom. The topological polar surface area (TPSA) is 63.1 Å². The highest BCUT2D eigenvalue weighted by molar-refractivity contribution is 5.78. The molecule has 1 unspecified atom stereocenters. The Balaban J connectivity index is 2.56. The molecule has 4 nitrogen and oxygen atoms in total. The molecule has 0 bridgehead atoms. The van der Waals surface area contributed by atoms with Crippen molar-refractivity contribution in [2.45, 2.75) is 38.4 Å². The Hall–Kier alpha value is -1.05. The minimum atomic E-state index is -1.45. The van der Waals surface area contributed by atoms with Crippen LogP contribution in [0.3, 0.4) is 0 Å². The van der Waals surface area contributed by atoms with E-state index in [-0.39, 0.29) is 0 Å². The van der Waals surface area contributed by atoms with Crippen LogP contribution < -0.4 is 5.32 Å². The van der Waals surface area contributed by atoms with Gasteiger partial charge in [0.1, 0.15) is 5.60 Å². The van der Waals surface area contributed by atoms with E-state index in [9.17, 15) is 9.90 Å². The van der Waals surface area contributed by atoms with E-state index in [0.717, 1.165) is 25.9 Å². The SMILES string of the molecule is C#CC(O)C(=O)OC(C)(C)C1CC[NH2+]CC1. The summed E-state index contributed by atoms with van der Waals surface area (Å²) >= 11 is 0. The molecule has 1 heterocycles. The van der Waals surface area contributed by atoms with E-state index < -0.39 is 17.7 Å². The number of hydrogen-bond acceptors (Lipinski definition) is 3. The second-order valence-electron chi connectivity index (χ2n) is 4.73. The first-order chi connectivity index (χ1) is 7.47. The highest BCUT2D eigenvalue weighted by Crippen LogP contribution is 2.28. The van der Waals surface area contributed by atoms with Gasteiger partial charge >= 0.3 is 5.97 Å². The molecule has 0 radical (unpaired) electrons. The number of terminal acetylenes is 1. The van der Waals surface area contributed by atoms with Crippen LogP contribution in [0.4, 0.5) is 0 Å². The van der Waals surface area contributed by atoms with Gasteiger partial charge in [0.05, 0.1) is 13.1 Å². The smallest absolute Gasteiger partial charge is 0.348 e. The van der Waals surface area contributed by atoms with Gasteiger partial charge in [0.2, 0.25) is 6.10 Å². The summed E-state index contributed by atoms with van der Waals surface area (Å²) in [5, 5.41) is 11.4. The van der Waals surface area contributed by atoms with Crippen molar-refractivity contribution in [1.82, 2.24) is 0 Å². The molecule has 1 saturated heterocycles. The quantitative estimate of drug-likeness (QED) is 0.493. The van der Waals surface area contributed by atoms with Crippen molar-refractivity contribution in [3.63, 3.8) is 0 Å². The van der Waals surface area contributed by atoms with Crippen LogP contribution in [0, 0.1) is 18.3 Å². The van der Waals surface area contributed by atoms with E-state index in [0.29, 0.717) is 5.92 Å². The monoisotopic (exact) mass is 226 g/mol. The van der Waals surface area contributed by atoms with Crippen LogP contribution in [0.2, 0.25) is 0 Å². The van der Waals surface area contributed by atoms with Gasteiger partial charge in [-0.25, -0.2) is 4.79 Å². The van der Waals surface area contributed by atoms with Gasteiger partial charge < -0.3 is 15.2 Å². The third-order valence-corrected chi connectivity index (χ3v) is 3.17. The number of esters is 1. The molecule has 4 heteroatoms.